The SMILES string of the molecule is Cc1cc(NCCCCCCNc2cc(Cl)nc3ccc(Cl)cc23)c2cc(Cl)ccc2n1. The van der Waals surface area contributed by atoms with E-state index >= 15 is 0 Å². The number of aromatic nitrogens is 2. The first-order chi connectivity index (χ1) is 15.5. The van der Waals surface area contributed by atoms with Crippen molar-refractivity contribution < 1.29 is 0 Å². The molecule has 2 heterocycles. The van der Waals surface area contributed by atoms with Crippen molar-refractivity contribution in [1.82, 2.24) is 9.97 Å². The largest absolute Gasteiger partial charge is 0.384 e. The number of fused-ring (bicyclic) bond motifs is 2. The summed E-state index contributed by atoms with van der Waals surface area (Å²) in [5.41, 5.74) is 4.88. The molecule has 0 unspecified atom stereocenters. The molecule has 166 valence electrons. The molecule has 32 heavy (non-hydrogen) atoms. The molecular formula is C25H25Cl3N4. The van der Waals surface area contributed by atoms with E-state index in [1.807, 2.05) is 49.4 Å². The van der Waals surface area contributed by atoms with Gasteiger partial charge in [0, 0.05) is 51.0 Å². The summed E-state index contributed by atoms with van der Waals surface area (Å²) < 4.78 is 0. The van der Waals surface area contributed by atoms with E-state index in [4.69, 9.17) is 34.8 Å². The number of aryl methyl sites for hydroxylation is 1. The summed E-state index contributed by atoms with van der Waals surface area (Å²) in [6.07, 6.45) is 4.48. The molecule has 2 aromatic carbocycles. The second kappa shape index (κ2) is 10.6. The van der Waals surface area contributed by atoms with Crippen LogP contribution in [0.15, 0.2) is 48.5 Å². The summed E-state index contributed by atoms with van der Waals surface area (Å²) >= 11 is 18.5. The molecule has 0 aliphatic carbocycles. The molecule has 0 atom stereocenters. The van der Waals surface area contributed by atoms with Crippen LogP contribution in [0.4, 0.5) is 11.4 Å². The van der Waals surface area contributed by atoms with Crippen molar-refractivity contribution in [2.24, 2.45) is 0 Å². The van der Waals surface area contributed by atoms with Crippen molar-refractivity contribution in [3.63, 3.8) is 0 Å². The van der Waals surface area contributed by atoms with E-state index in [-0.39, 0.29) is 0 Å². The van der Waals surface area contributed by atoms with Gasteiger partial charge >= 0.3 is 0 Å². The van der Waals surface area contributed by atoms with Crippen LogP contribution in [0, 0.1) is 6.92 Å². The second-order valence-corrected chi connectivity index (χ2v) is 9.15. The topological polar surface area (TPSA) is 49.8 Å². The molecular weight excluding hydrogens is 463 g/mol. The van der Waals surface area contributed by atoms with Crippen LogP contribution in [0.25, 0.3) is 21.8 Å². The number of halogens is 3. The fourth-order valence-corrected chi connectivity index (χ4v) is 4.38. The number of nitrogens with zero attached hydrogens (tertiary/aromatic N) is 2. The first-order valence-electron chi connectivity index (χ1n) is 10.8. The molecule has 0 aliphatic rings. The van der Waals surface area contributed by atoms with Gasteiger partial charge in [0.2, 0.25) is 0 Å². The number of nitrogens with one attached hydrogen (secondary N) is 2. The Labute approximate surface area is 203 Å². The lowest BCUT2D eigenvalue weighted by molar-refractivity contribution is 0.671. The third kappa shape index (κ3) is 5.74. The van der Waals surface area contributed by atoms with Gasteiger partial charge in [-0.15, -0.1) is 0 Å². The Morgan fingerprint density at radius 3 is 1.78 bits per heavy atom. The van der Waals surface area contributed by atoms with E-state index in [1.54, 1.807) is 0 Å². The Kier molecular flexibility index (Phi) is 7.56. The highest BCUT2D eigenvalue weighted by atomic mass is 35.5. The fraction of sp³-hybridized carbons (Fsp3) is 0.280. The van der Waals surface area contributed by atoms with Crippen LogP contribution in [0.2, 0.25) is 15.2 Å². The smallest absolute Gasteiger partial charge is 0.131 e. The van der Waals surface area contributed by atoms with Crippen molar-refractivity contribution in [2.75, 3.05) is 23.7 Å². The highest BCUT2D eigenvalue weighted by molar-refractivity contribution is 6.32. The molecule has 0 fully saturated rings. The van der Waals surface area contributed by atoms with E-state index < -0.39 is 0 Å². The molecule has 2 aromatic heterocycles. The number of unbranched alkanes of at least 4 members (excludes halogenated alkanes) is 3. The van der Waals surface area contributed by atoms with E-state index in [0.717, 1.165) is 82.7 Å². The predicted molar refractivity (Wildman–Crippen MR) is 139 cm³/mol. The van der Waals surface area contributed by atoms with Gasteiger partial charge in [-0.1, -0.05) is 47.6 Å². The normalized spacial score (nSPS) is 11.2. The maximum absolute atomic E-state index is 6.18. The summed E-state index contributed by atoms with van der Waals surface area (Å²) in [5.74, 6) is 0. The maximum atomic E-state index is 6.18. The van der Waals surface area contributed by atoms with Crippen LogP contribution in [0.5, 0.6) is 0 Å². The van der Waals surface area contributed by atoms with E-state index in [9.17, 15) is 0 Å². The summed E-state index contributed by atoms with van der Waals surface area (Å²) in [4.78, 5) is 8.94. The summed E-state index contributed by atoms with van der Waals surface area (Å²) in [5, 5.41) is 11.0. The molecule has 0 spiro atoms. The molecule has 0 saturated carbocycles. The predicted octanol–water partition coefficient (Wildman–Crippen LogP) is 8.14. The van der Waals surface area contributed by atoms with Gasteiger partial charge in [0.15, 0.2) is 0 Å². The van der Waals surface area contributed by atoms with Crippen molar-refractivity contribution in [3.05, 3.63) is 69.4 Å². The van der Waals surface area contributed by atoms with Crippen LogP contribution in [0.3, 0.4) is 0 Å². The molecule has 2 N–H and O–H groups in total. The van der Waals surface area contributed by atoms with Crippen molar-refractivity contribution in [1.29, 1.82) is 0 Å². The maximum Gasteiger partial charge on any atom is 0.131 e. The van der Waals surface area contributed by atoms with Gasteiger partial charge in [0.1, 0.15) is 5.15 Å². The van der Waals surface area contributed by atoms with Crippen LogP contribution in [-0.4, -0.2) is 23.1 Å². The van der Waals surface area contributed by atoms with Gasteiger partial charge in [-0.05, 0) is 68.3 Å². The Bertz CT molecular complexity index is 1150. The molecule has 0 radical (unpaired) electrons. The number of pyridine rings is 2. The monoisotopic (exact) mass is 486 g/mol. The molecule has 0 bridgehead atoms. The van der Waals surface area contributed by atoms with Gasteiger partial charge in [0.25, 0.3) is 0 Å². The number of benzene rings is 2. The van der Waals surface area contributed by atoms with Gasteiger partial charge < -0.3 is 10.6 Å². The zero-order valence-electron chi connectivity index (χ0n) is 17.9. The molecule has 0 amide bonds. The first-order valence-corrected chi connectivity index (χ1v) is 11.9. The molecule has 7 heteroatoms. The lowest BCUT2D eigenvalue weighted by atomic mass is 10.1. The second-order valence-electron chi connectivity index (χ2n) is 7.89. The number of anilines is 2. The Morgan fingerprint density at radius 2 is 1.19 bits per heavy atom. The first kappa shape index (κ1) is 22.9. The van der Waals surface area contributed by atoms with Gasteiger partial charge in [0.05, 0.1) is 11.0 Å². The minimum absolute atomic E-state index is 0.480. The summed E-state index contributed by atoms with van der Waals surface area (Å²) in [7, 11) is 0. The third-order valence-corrected chi connectivity index (χ3v) is 6.04. The molecule has 4 nitrogen and oxygen atoms in total. The van der Waals surface area contributed by atoms with Crippen LogP contribution in [0.1, 0.15) is 31.4 Å². The minimum atomic E-state index is 0.480. The summed E-state index contributed by atoms with van der Waals surface area (Å²) in [6.45, 7) is 3.81. The van der Waals surface area contributed by atoms with Gasteiger partial charge in [-0.25, -0.2) is 4.98 Å². The number of hydrogen-bond acceptors (Lipinski definition) is 4. The standard InChI is InChI=1S/C25H25Cl3N4/c1-16-12-23(19-13-17(26)6-8-21(19)31-16)29-10-4-2-3-5-11-30-24-15-25(28)32-22-9-7-18(27)14-20(22)24/h6-9,12-15H,2-5,10-11H2,1H3,(H,29,31)(H,30,32). The number of rotatable bonds is 9. The van der Waals surface area contributed by atoms with Gasteiger partial charge in [-0.2, -0.15) is 0 Å². The van der Waals surface area contributed by atoms with Crippen LogP contribution in [-0.2, 0) is 0 Å². The van der Waals surface area contributed by atoms with Crippen molar-refractivity contribution in [3.8, 4) is 0 Å². The van der Waals surface area contributed by atoms with E-state index in [0.29, 0.717) is 10.2 Å². The molecule has 4 rings (SSSR count). The lowest BCUT2D eigenvalue weighted by Crippen LogP contribution is -2.05. The molecule has 0 aliphatic heterocycles. The molecule has 4 aromatic rings. The zero-order valence-corrected chi connectivity index (χ0v) is 20.2. The Hall–Kier alpha value is -2.27. The minimum Gasteiger partial charge on any atom is -0.384 e. The van der Waals surface area contributed by atoms with Crippen LogP contribution >= 0.6 is 34.8 Å². The quantitative estimate of drug-likeness (QED) is 0.185. The highest BCUT2D eigenvalue weighted by Crippen LogP contribution is 2.28. The average molecular weight is 488 g/mol. The van der Waals surface area contributed by atoms with E-state index in [1.165, 1.54) is 0 Å². The zero-order chi connectivity index (χ0) is 22.5. The average Bonchev–Trinajstić information content (AvgIpc) is 2.76. The van der Waals surface area contributed by atoms with Gasteiger partial charge in [-0.3, -0.25) is 4.98 Å². The summed E-state index contributed by atoms with van der Waals surface area (Å²) in [6, 6.07) is 15.4. The fourth-order valence-electron chi connectivity index (χ4n) is 3.84. The number of hydrogen-bond donors (Lipinski definition) is 2. The highest BCUT2D eigenvalue weighted by Gasteiger charge is 2.06. The Morgan fingerprint density at radius 1 is 0.656 bits per heavy atom. The van der Waals surface area contributed by atoms with E-state index in [2.05, 4.69) is 26.7 Å². The van der Waals surface area contributed by atoms with Crippen LogP contribution < -0.4 is 10.6 Å². The third-order valence-electron chi connectivity index (χ3n) is 5.37. The lowest BCUT2D eigenvalue weighted by Gasteiger charge is -2.12. The van der Waals surface area contributed by atoms with Crippen molar-refractivity contribution >= 4 is 68.0 Å². The Balaban J connectivity index is 1.23. The van der Waals surface area contributed by atoms with Crippen molar-refractivity contribution in [2.45, 2.75) is 32.6 Å². The molecule has 0 saturated heterocycles.